The average Bonchev–Trinajstić information content (AvgIpc) is 2.68. The molecule has 2 aromatic rings. The van der Waals surface area contributed by atoms with Crippen LogP contribution in [0.1, 0.15) is 16.8 Å². The summed E-state index contributed by atoms with van der Waals surface area (Å²) in [4.78, 5) is 28.7. The fourth-order valence-electron chi connectivity index (χ4n) is 3.25. The van der Waals surface area contributed by atoms with E-state index in [1.807, 2.05) is 12.1 Å². The third kappa shape index (κ3) is 4.95. The standard InChI is InChI=1S/C20H25FN4O2/c1-23-10-2-4-18(20(23)27)19(26)22-9-3-11-24-12-14-25(15-13-24)17-7-5-16(21)6-8-17/h2,4-8,10H,3,9,11-15H2,1H3,(H,22,26). The highest BCUT2D eigenvalue weighted by Crippen LogP contribution is 2.16. The second-order valence-electron chi connectivity index (χ2n) is 6.75. The number of hydrogen-bond acceptors (Lipinski definition) is 4. The van der Waals surface area contributed by atoms with Gasteiger partial charge in [-0.25, -0.2) is 4.39 Å². The van der Waals surface area contributed by atoms with Crippen molar-refractivity contribution in [3.05, 3.63) is 64.3 Å². The molecule has 1 fully saturated rings. The molecular weight excluding hydrogens is 347 g/mol. The Hall–Kier alpha value is -2.67. The summed E-state index contributed by atoms with van der Waals surface area (Å²) in [5.41, 5.74) is 0.938. The minimum absolute atomic E-state index is 0.174. The van der Waals surface area contributed by atoms with Crippen LogP contribution in [0, 0.1) is 5.82 Å². The zero-order chi connectivity index (χ0) is 19.2. The molecule has 0 atom stereocenters. The Balaban J connectivity index is 1.38. The highest BCUT2D eigenvalue weighted by molar-refractivity contribution is 5.93. The molecule has 3 rings (SSSR count). The summed E-state index contributed by atoms with van der Waals surface area (Å²) < 4.78 is 14.4. The molecular formula is C20H25FN4O2. The topological polar surface area (TPSA) is 57.6 Å². The third-order valence-corrected chi connectivity index (χ3v) is 4.87. The molecule has 0 bridgehead atoms. The zero-order valence-corrected chi connectivity index (χ0v) is 15.5. The Morgan fingerprint density at radius 3 is 2.52 bits per heavy atom. The Labute approximate surface area is 158 Å². The number of nitrogens with zero attached hydrogens (tertiary/aromatic N) is 3. The number of carbonyl (C=O) groups excluding carboxylic acids is 1. The minimum atomic E-state index is -0.322. The van der Waals surface area contributed by atoms with Gasteiger partial charge in [0.2, 0.25) is 0 Å². The van der Waals surface area contributed by atoms with Crippen molar-refractivity contribution >= 4 is 11.6 Å². The quantitative estimate of drug-likeness (QED) is 0.780. The smallest absolute Gasteiger partial charge is 0.263 e. The summed E-state index contributed by atoms with van der Waals surface area (Å²) in [5, 5.41) is 2.82. The van der Waals surface area contributed by atoms with Gasteiger partial charge in [0.15, 0.2) is 0 Å². The van der Waals surface area contributed by atoms with Gasteiger partial charge in [-0.2, -0.15) is 0 Å². The summed E-state index contributed by atoms with van der Waals surface area (Å²) in [6.45, 7) is 5.10. The second kappa shape index (κ2) is 8.81. The predicted molar refractivity (Wildman–Crippen MR) is 104 cm³/mol. The Bertz CT molecular complexity index is 827. The van der Waals surface area contributed by atoms with Crippen LogP contribution in [0.15, 0.2) is 47.4 Å². The fraction of sp³-hybridized carbons (Fsp3) is 0.400. The molecule has 6 nitrogen and oxygen atoms in total. The van der Waals surface area contributed by atoms with Crippen LogP contribution in [-0.4, -0.2) is 54.6 Å². The normalized spacial score (nSPS) is 15.0. The molecule has 0 radical (unpaired) electrons. The molecule has 0 unspecified atom stereocenters. The molecule has 0 aliphatic carbocycles. The zero-order valence-electron chi connectivity index (χ0n) is 15.5. The highest BCUT2D eigenvalue weighted by Gasteiger charge is 2.17. The van der Waals surface area contributed by atoms with Crippen molar-refractivity contribution in [3.8, 4) is 0 Å². The summed E-state index contributed by atoms with van der Waals surface area (Å²) in [5.74, 6) is -0.537. The number of halogens is 1. The van der Waals surface area contributed by atoms with Gasteiger partial charge in [-0.3, -0.25) is 14.5 Å². The number of benzene rings is 1. The van der Waals surface area contributed by atoms with Crippen molar-refractivity contribution in [3.63, 3.8) is 0 Å². The van der Waals surface area contributed by atoms with Gasteiger partial charge in [0.25, 0.3) is 11.5 Å². The van der Waals surface area contributed by atoms with Gasteiger partial charge < -0.3 is 14.8 Å². The number of aryl methyl sites for hydroxylation is 1. The first-order valence-electron chi connectivity index (χ1n) is 9.21. The van der Waals surface area contributed by atoms with Crippen molar-refractivity contribution in [2.75, 3.05) is 44.2 Å². The number of nitrogens with one attached hydrogen (secondary N) is 1. The van der Waals surface area contributed by atoms with Crippen LogP contribution < -0.4 is 15.8 Å². The van der Waals surface area contributed by atoms with Crippen molar-refractivity contribution in [1.29, 1.82) is 0 Å². The maximum atomic E-state index is 13.0. The van der Waals surface area contributed by atoms with E-state index in [9.17, 15) is 14.0 Å². The van der Waals surface area contributed by atoms with E-state index in [0.717, 1.165) is 44.8 Å². The van der Waals surface area contributed by atoms with Crippen molar-refractivity contribution in [1.82, 2.24) is 14.8 Å². The maximum Gasteiger partial charge on any atom is 0.263 e. The number of rotatable bonds is 6. The van der Waals surface area contributed by atoms with Crippen LogP contribution >= 0.6 is 0 Å². The number of anilines is 1. The lowest BCUT2D eigenvalue weighted by molar-refractivity contribution is 0.0949. The number of carbonyl (C=O) groups is 1. The van der Waals surface area contributed by atoms with E-state index in [2.05, 4.69) is 15.1 Å². The van der Waals surface area contributed by atoms with Crippen LogP contribution in [0.2, 0.25) is 0 Å². The Morgan fingerprint density at radius 1 is 1.11 bits per heavy atom. The van der Waals surface area contributed by atoms with Gasteiger partial charge in [-0.1, -0.05) is 0 Å². The molecule has 1 amide bonds. The molecule has 1 saturated heterocycles. The van der Waals surface area contributed by atoms with Gasteiger partial charge in [0.1, 0.15) is 11.4 Å². The number of aromatic nitrogens is 1. The first-order chi connectivity index (χ1) is 13.0. The highest BCUT2D eigenvalue weighted by atomic mass is 19.1. The molecule has 2 heterocycles. The molecule has 1 aliphatic heterocycles. The minimum Gasteiger partial charge on any atom is -0.369 e. The van der Waals surface area contributed by atoms with Crippen molar-refractivity contribution in [2.45, 2.75) is 6.42 Å². The van der Waals surface area contributed by atoms with Crippen LogP contribution in [0.3, 0.4) is 0 Å². The molecule has 0 saturated carbocycles. The van der Waals surface area contributed by atoms with E-state index < -0.39 is 0 Å². The Morgan fingerprint density at radius 2 is 1.81 bits per heavy atom. The molecule has 1 aromatic carbocycles. The SMILES string of the molecule is Cn1cccc(C(=O)NCCCN2CCN(c3ccc(F)cc3)CC2)c1=O. The predicted octanol–water partition coefficient (Wildman–Crippen LogP) is 1.47. The molecule has 144 valence electrons. The van der Waals surface area contributed by atoms with E-state index >= 15 is 0 Å². The number of pyridine rings is 1. The average molecular weight is 372 g/mol. The molecule has 1 aliphatic rings. The van der Waals surface area contributed by atoms with Gasteiger partial charge in [0, 0.05) is 51.7 Å². The first-order valence-corrected chi connectivity index (χ1v) is 9.21. The van der Waals surface area contributed by atoms with Gasteiger partial charge >= 0.3 is 0 Å². The molecule has 0 spiro atoms. The summed E-state index contributed by atoms with van der Waals surface area (Å²) in [6.07, 6.45) is 2.46. The summed E-state index contributed by atoms with van der Waals surface area (Å²) in [6, 6.07) is 9.85. The number of hydrogen-bond donors (Lipinski definition) is 1. The number of piperazine rings is 1. The Kier molecular flexibility index (Phi) is 6.24. The summed E-state index contributed by atoms with van der Waals surface area (Å²) >= 11 is 0. The van der Waals surface area contributed by atoms with Crippen LogP contribution in [0.25, 0.3) is 0 Å². The van der Waals surface area contributed by atoms with E-state index in [1.54, 1.807) is 25.4 Å². The first kappa shape index (κ1) is 19.1. The summed E-state index contributed by atoms with van der Waals surface area (Å²) in [7, 11) is 1.63. The second-order valence-corrected chi connectivity index (χ2v) is 6.75. The molecule has 7 heteroatoms. The molecule has 1 N–H and O–H groups in total. The van der Waals surface area contributed by atoms with Crippen LogP contribution in [0.4, 0.5) is 10.1 Å². The van der Waals surface area contributed by atoms with Gasteiger partial charge in [-0.05, 0) is 49.4 Å². The third-order valence-electron chi connectivity index (χ3n) is 4.87. The fourth-order valence-corrected chi connectivity index (χ4v) is 3.25. The largest absolute Gasteiger partial charge is 0.369 e. The lowest BCUT2D eigenvalue weighted by Crippen LogP contribution is -2.47. The lowest BCUT2D eigenvalue weighted by atomic mass is 10.2. The van der Waals surface area contributed by atoms with E-state index in [1.165, 1.54) is 16.7 Å². The van der Waals surface area contributed by atoms with Crippen molar-refractivity contribution in [2.24, 2.45) is 7.05 Å². The monoisotopic (exact) mass is 372 g/mol. The van der Waals surface area contributed by atoms with E-state index in [-0.39, 0.29) is 22.8 Å². The van der Waals surface area contributed by atoms with E-state index in [0.29, 0.717) is 6.54 Å². The van der Waals surface area contributed by atoms with Crippen molar-refractivity contribution < 1.29 is 9.18 Å². The van der Waals surface area contributed by atoms with Crippen LogP contribution in [0.5, 0.6) is 0 Å². The van der Waals surface area contributed by atoms with E-state index in [4.69, 9.17) is 0 Å². The van der Waals surface area contributed by atoms with Gasteiger partial charge in [-0.15, -0.1) is 0 Å². The maximum absolute atomic E-state index is 13.0. The lowest BCUT2D eigenvalue weighted by Gasteiger charge is -2.36. The van der Waals surface area contributed by atoms with Gasteiger partial charge in [0.05, 0.1) is 0 Å². The molecule has 1 aromatic heterocycles. The van der Waals surface area contributed by atoms with Crippen LogP contribution in [-0.2, 0) is 7.05 Å². The molecule has 27 heavy (non-hydrogen) atoms. The number of amides is 1.